The summed E-state index contributed by atoms with van der Waals surface area (Å²) < 4.78 is 26.9. The Morgan fingerprint density at radius 1 is 1.30 bits per heavy atom. The minimum absolute atomic E-state index is 0.0343. The molecule has 0 aliphatic carbocycles. The van der Waals surface area contributed by atoms with E-state index in [1.54, 1.807) is 0 Å². The number of aromatic amines is 1. The molecule has 2 aromatic rings. The highest BCUT2D eigenvalue weighted by Gasteiger charge is 2.26. The molecule has 1 atom stereocenters. The fourth-order valence-electron chi connectivity index (χ4n) is 2.89. The fraction of sp³-hybridized carbons (Fsp3) is 0.357. The standard InChI is InChI=1S/C14H15F2N3O/c1-17-11-5-19(2)6-12-13(11)7-3-9(15)10(16)4-8(7)14(20)18-12/h3-4,11,17H,5-6H2,1-2H3,(H,18,20)/t11-/m0/s1. The number of rotatable bonds is 1. The van der Waals surface area contributed by atoms with Crippen LogP contribution in [0.25, 0.3) is 10.8 Å². The van der Waals surface area contributed by atoms with E-state index in [-0.39, 0.29) is 17.0 Å². The summed E-state index contributed by atoms with van der Waals surface area (Å²) in [5.41, 5.74) is 1.21. The molecule has 0 saturated carbocycles. The van der Waals surface area contributed by atoms with Crippen molar-refractivity contribution >= 4 is 10.8 Å². The summed E-state index contributed by atoms with van der Waals surface area (Å²) >= 11 is 0. The van der Waals surface area contributed by atoms with Crippen LogP contribution in [0.1, 0.15) is 17.3 Å². The van der Waals surface area contributed by atoms with Crippen LogP contribution in [0.15, 0.2) is 16.9 Å². The van der Waals surface area contributed by atoms with Crippen LogP contribution in [-0.2, 0) is 6.54 Å². The second kappa shape index (κ2) is 4.64. The number of likely N-dealkylation sites (N-methyl/N-ethyl adjacent to an activating group) is 2. The maximum Gasteiger partial charge on any atom is 0.256 e. The number of H-pyrrole nitrogens is 1. The molecule has 1 aromatic heterocycles. The summed E-state index contributed by atoms with van der Waals surface area (Å²) in [6, 6.07) is 2.05. The summed E-state index contributed by atoms with van der Waals surface area (Å²) in [6.07, 6.45) is 0. The highest BCUT2D eigenvalue weighted by atomic mass is 19.2. The Morgan fingerprint density at radius 2 is 1.95 bits per heavy atom. The monoisotopic (exact) mass is 279 g/mol. The van der Waals surface area contributed by atoms with Gasteiger partial charge in [-0.25, -0.2) is 8.78 Å². The molecule has 20 heavy (non-hydrogen) atoms. The van der Waals surface area contributed by atoms with Crippen LogP contribution >= 0.6 is 0 Å². The Bertz CT molecular complexity index is 741. The molecule has 0 radical (unpaired) electrons. The number of nitrogens with one attached hydrogen (secondary N) is 2. The van der Waals surface area contributed by atoms with Crippen LogP contribution in [0.3, 0.4) is 0 Å². The molecule has 2 heterocycles. The molecule has 0 saturated heterocycles. The van der Waals surface area contributed by atoms with Gasteiger partial charge in [0.1, 0.15) is 0 Å². The molecule has 1 aromatic carbocycles. The average Bonchev–Trinajstić information content (AvgIpc) is 2.40. The topological polar surface area (TPSA) is 48.1 Å². The van der Waals surface area contributed by atoms with Crippen molar-refractivity contribution in [3.05, 3.63) is 45.4 Å². The van der Waals surface area contributed by atoms with Crippen molar-refractivity contribution in [2.75, 3.05) is 20.6 Å². The van der Waals surface area contributed by atoms with Crippen LogP contribution in [0.5, 0.6) is 0 Å². The summed E-state index contributed by atoms with van der Waals surface area (Å²) in [7, 11) is 3.76. The average molecular weight is 279 g/mol. The summed E-state index contributed by atoms with van der Waals surface area (Å²) in [5, 5.41) is 3.83. The first-order chi connectivity index (χ1) is 9.51. The third kappa shape index (κ3) is 1.92. The van der Waals surface area contributed by atoms with Crippen LogP contribution in [0.2, 0.25) is 0 Å². The van der Waals surface area contributed by atoms with Crippen molar-refractivity contribution < 1.29 is 8.78 Å². The van der Waals surface area contributed by atoms with E-state index in [1.807, 2.05) is 14.1 Å². The van der Waals surface area contributed by atoms with E-state index in [0.717, 1.165) is 29.9 Å². The first-order valence-electron chi connectivity index (χ1n) is 6.41. The number of halogens is 2. The van der Waals surface area contributed by atoms with Gasteiger partial charge in [0.05, 0.1) is 5.39 Å². The molecular weight excluding hydrogens is 264 g/mol. The van der Waals surface area contributed by atoms with E-state index in [2.05, 4.69) is 15.2 Å². The summed E-state index contributed by atoms with van der Waals surface area (Å²) in [6.45, 7) is 1.32. The number of aromatic nitrogens is 1. The Kier molecular flexibility index (Phi) is 3.07. The SMILES string of the molecule is CN[C@H]1CN(C)Cc2[nH]c(=O)c3cc(F)c(F)cc3c21. The fourth-order valence-corrected chi connectivity index (χ4v) is 2.89. The maximum atomic E-state index is 13.5. The molecule has 0 amide bonds. The quantitative estimate of drug-likeness (QED) is 0.832. The van der Waals surface area contributed by atoms with Gasteiger partial charge in [0.25, 0.3) is 5.56 Å². The lowest BCUT2D eigenvalue weighted by Crippen LogP contribution is -2.38. The van der Waals surface area contributed by atoms with Crippen LogP contribution in [0.4, 0.5) is 8.78 Å². The zero-order valence-electron chi connectivity index (χ0n) is 11.3. The number of nitrogens with zero attached hydrogens (tertiary/aromatic N) is 1. The van der Waals surface area contributed by atoms with Crippen LogP contribution in [0, 0.1) is 11.6 Å². The molecule has 0 bridgehead atoms. The van der Waals surface area contributed by atoms with E-state index in [0.29, 0.717) is 11.9 Å². The smallest absolute Gasteiger partial charge is 0.256 e. The zero-order valence-corrected chi connectivity index (χ0v) is 11.3. The van der Waals surface area contributed by atoms with Crippen LogP contribution < -0.4 is 10.9 Å². The Labute approximate surface area is 114 Å². The van der Waals surface area contributed by atoms with Crippen LogP contribution in [-0.4, -0.2) is 30.5 Å². The lowest BCUT2D eigenvalue weighted by atomic mass is 9.94. The lowest BCUT2D eigenvalue weighted by Gasteiger charge is -2.32. The number of pyridine rings is 1. The van der Waals surface area contributed by atoms with Crippen molar-refractivity contribution in [1.82, 2.24) is 15.2 Å². The van der Waals surface area contributed by atoms with E-state index >= 15 is 0 Å². The minimum Gasteiger partial charge on any atom is -0.324 e. The molecule has 1 aliphatic rings. The van der Waals surface area contributed by atoms with E-state index in [1.165, 1.54) is 0 Å². The molecule has 0 spiro atoms. The molecule has 106 valence electrons. The highest BCUT2D eigenvalue weighted by Crippen LogP contribution is 2.30. The Morgan fingerprint density at radius 3 is 2.60 bits per heavy atom. The Hall–Kier alpha value is -1.79. The molecule has 3 rings (SSSR count). The van der Waals surface area contributed by atoms with Crippen molar-refractivity contribution in [2.45, 2.75) is 12.6 Å². The van der Waals surface area contributed by atoms with Crippen molar-refractivity contribution in [2.24, 2.45) is 0 Å². The van der Waals surface area contributed by atoms with Gasteiger partial charge in [-0.3, -0.25) is 9.69 Å². The van der Waals surface area contributed by atoms with E-state index in [4.69, 9.17) is 0 Å². The van der Waals surface area contributed by atoms with Gasteiger partial charge in [0, 0.05) is 24.8 Å². The van der Waals surface area contributed by atoms with Gasteiger partial charge in [-0.2, -0.15) is 0 Å². The molecular formula is C14H15F2N3O. The molecule has 2 N–H and O–H groups in total. The van der Waals surface area contributed by atoms with E-state index < -0.39 is 11.6 Å². The third-order valence-electron chi connectivity index (χ3n) is 3.80. The molecule has 0 fully saturated rings. The number of fused-ring (bicyclic) bond motifs is 3. The van der Waals surface area contributed by atoms with Gasteiger partial charge >= 0.3 is 0 Å². The van der Waals surface area contributed by atoms with Gasteiger partial charge in [-0.15, -0.1) is 0 Å². The molecule has 6 heteroatoms. The van der Waals surface area contributed by atoms with Gasteiger partial charge in [-0.05, 0) is 37.2 Å². The zero-order chi connectivity index (χ0) is 14.4. The van der Waals surface area contributed by atoms with Crippen molar-refractivity contribution in [1.29, 1.82) is 0 Å². The maximum absolute atomic E-state index is 13.5. The number of hydrogen-bond donors (Lipinski definition) is 2. The molecule has 4 nitrogen and oxygen atoms in total. The normalized spacial score (nSPS) is 19.3. The summed E-state index contributed by atoms with van der Waals surface area (Å²) in [5.74, 6) is -1.93. The van der Waals surface area contributed by atoms with Gasteiger partial charge in [0.2, 0.25) is 0 Å². The largest absolute Gasteiger partial charge is 0.324 e. The van der Waals surface area contributed by atoms with Gasteiger partial charge in [-0.1, -0.05) is 0 Å². The second-order valence-electron chi connectivity index (χ2n) is 5.20. The number of hydrogen-bond acceptors (Lipinski definition) is 3. The first-order valence-corrected chi connectivity index (χ1v) is 6.41. The van der Waals surface area contributed by atoms with Gasteiger partial charge in [0.15, 0.2) is 11.6 Å². The Balaban J connectivity index is 2.39. The lowest BCUT2D eigenvalue weighted by molar-refractivity contribution is 0.263. The van der Waals surface area contributed by atoms with Crippen molar-refractivity contribution in [3.8, 4) is 0 Å². The predicted octanol–water partition coefficient (Wildman–Crippen LogP) is 1.51. The van der Waals surface area contributed by atoms with Gasteiger partial charge < -0.3 is 10.3 Å². The van der Waals surface area contributed by atoms with Crippen molar-refractivity contribution in [3.63, 3.8) is 0 Å². The van der Waals surface area contributed by atoms with E-state index in [9.17, 15) is 13.6 Å². The second-order valence-corrected chi connectivity index (χ2v) is 5.20. The third-order valence-corrected chi connectivity index (χ3v) is 3.80. The predicted molar refractivity (Wildman–Crippen MR) is 72.6 cm³/mol. The highest BCUT2D eigenvalue weighted by molar-refractivity contribution is 5.86. The summed E-state index contributed by atoms with van der Waals surface area (Å²) in [4.78, 5) is 16.9. The minimum atomic E-state index is -1.00. The molecule has 0 unspecified atom stereocenters. The first kappa shape index (κ1) is 13.2. The molecule has 1 aliphatic heterocycles. The number of benzene rings is 1.